The van der Waals surface area contributed by atoms with Crippen LogP contribution in [0.15, 0.2) is 10.8 Å². The number of halogens is 2. The first-order valence-electron chi connectivity index (χ1n) is 5.24. The van der Waals surface area contributed by atoms with Gasteiger partial charge in [0.25, 0.3) is 0 Å². The standard InChI is InChI=1S/C10H13BrClN3O/c1-2-16-7-3-6(4-7)15-10-8(11)9(12)13-5-14-10/h5-7H,2-4H2,1H3,(H,13,14,15). The van der Waals surface area contributed by atoms with Gasteiger partial charge in [-0.15, -0.1) is 0 Å². The van der Waals surface area contributed by atoms with Crippen LogP contribution in [0.2, 0.25) is 5.15 Å². The lowest BCUT2D eigenvalue weighted by Gasteiger charge is -2.35. The molecule has 0 bridgehead atoms. The van der Waals surface area contributed by atoms with Crippen molar-refractivity contribution in [3.63, 3.8) is 0 Å². The van der Waals surface area contributed by atoms with E-state index in [9.17, 15) is 0 Å². The van der Waals surface area contributed by atoms with Crippen molar-refractivity contribution in [1.82, 2.24) is 9.97 Å². The highest BCUT2D eigenvalue weighted by Crippen LogP contribution is 2.31. The normalized spacial score (nSPS) is 23.9. The molecular weight excluding hydrogens is 293 g/mol. The van der Waals surface area contributed by atoms with Gasteiger partial charge in [-0.05, 0) is 35.7 Å². The van der Waals surface area contributed by atoms with Crippen molar-refractivity contribution >= 4 is 33.3 Å². The largest absolute Gasteiger partial charge is 0.378 e. The minimum atomic E-state index is 0.388. The predicted molar refractivity (Wildman–Crippen MR) is 66.8 cm³/mol. The van der Waals surface area contributed by atoms with Gasteiger partial charge in [-0.2, -0.15) is 0 Å². The summed E-state index contributed by atoms with van der Waals surface area (Å²) in [6.45, 7) is 2.79. The van der Waals surface area contributed by atoms with E-state index >= 15 is 0 Å². The zero-order valence-corrected chi connectivity index (χ0v) is 11.3. The van der Waals surface area contributed by atoms with Crippen LogP contribution < -0.4 is 5.32 Å². The zero-order chi connectivity index (χ0) is 11.5. The fourth-order valence-corrected chi connectivity index (χ4v) is 2.15. The van der Waals surface area contributed by atoms with Crippen LogP contribution in [0.1, 0.15) is 19.8 Å². The highest BCUT2D eigenvalue weighted by molar-refractivity contribution is 9.10. The van der Waals surface area contributed by atoms with E-state index in [0.29, 0.717) is 17.3 Å². The third-order valence-electron chi connectivity index (χ3n) is 2.58. The molecule has 0 aromatic carbocycles. The van der Waals surface area contributed by atoms with Crippen LogP contribution in [-0.4, -0.2) is 28.7 Å². The number of nitrogens with one attached hydrogen (secondary N) is 1. The third kappa shape index (κ3) is 2.64. The minimum Gasteiger partial charge on any atom is -0.378 e. The molecule has 1 heterocycles. The molecule has 0 aliphatic heterocycles. The summed E-state index contributed by atoms with van der Waals surface area (Å²) >= 11 is 9.23. The van der Waals surface area contributed by atoms with E-state index in [1.165, 1.54) is 6.33 Å². The molecule has 1 aliphatic rings. The van der Waals surface area contributed by atoms with Crippen molar-refractivity contribution in [1.29, 1.82) is 0 Å². The molecule has 2 rings (SSSR count). The van der Waals surface area contributed by atoms with Crippen LogP contribution in [0.25, 0.3) is 0 Å². The fourth-order valence-electron chi connectivity index (χ4n) is 1.70. The summed E-state index contributed by atoms with van der Waals surface area (Å²) in [5.41, 5.74) is 0. The average molecular weight is 307 g/mol. The Kier molecular flexibility index (Phi) is 4.00. The van der Waals surface area contributed by atoms with E-state index in [0.717, 1.165) is 29.7 Å². The van der Waals surface area contributed by atoms with Gasteiger partial charge in [-0.3, -0.25) is 0 Å². The summed E-state index contributed by atoms with van der Waals surface area (Å²) in [6, 6.07) is 0.416. The van der Waals surface area contributed by atoms with Crippen molar-refractivity contribution in [3.05, 3.63) is 16.0 Å². The summed E-state index contributed by atoms with van der Waals surface area (Å²) < 4.78 is 6.21. The number of nitrogens with zero attached hydrogens (tertiary/aromatic N) is 2. The van der Waals surface area contributed by atoms with Gasteiger partial charge >= 0.3 is 0 Å². The minimum absolute atomic E-state index is 0.388. The molecule has 1 aromatic heterocycles. The number of hydrogen-bond acceptors (Lipinski definition) is 4. The molecule has 1 saturated carbocycles. The van der Waals surface area contributed by atoms with Gasteiger partial charge in [-0.1, -0.05) is 11.6 Å². The van der Waals surface area contributed by atoms with E-state index in [1.54, 1.807) is 0 Å². The molecule has 1 aliphatic carbocycles. The summed E-state index contributed by atoms with van der Waals surface area (Å²) in [5, 5.41) is 3.74. The maximum absolute atomic E-state index is 5.87. The maximum Gasteiger partial charge on any atom is 0.148 e. The topological polar surface area (TPSA) is 47.0 Å². The molecule has 88 valence electrons. The third-order valence-corrected chi connectivity index (χ3v) is 3.85. The Bertz CT molecular complexity index is 371. The smallest absolute Gasteiger partial charge is 0.148 e. The van der Waals surface area contributed by atoms with Gasteiger partial charge in [-0.25, -0.2) is 9.97 Å². The van der Waals surface area contributed by atoms with Gasteiger partial charge < -0.3 is 10.1 Å². The highest BCUT2D eigenvalue weighted by Gasteiger charge is 2.30. The van der Waals surface area contributed by atoms with Crippen LogP contribution in [0.3, 0.4) is 0 Å². The number of aromatic nitrogens is 2. The van der Waals surface area contributed by atoms with Crippen LogP contribution in [0.5, 0.6) is 0 Å². The second-order valence-electron chi connectivity index (χ2n) is 3.72. The Morgan fingerprint density at radius 3 is 3.00 bits per heavy atom. The lowest BCUT2D eigenvalue weighted by molar-refractivity contribution is 0.00291. The first-order valence-corrected chi connectivity index (χ1v) is 6.42. The first-order chi connectivity index (χ1) is 7.70. The van der Waals surface area contributed by atoms with E-state index in [-0.39, 0.29) is 0 Å². The molecule has 1 N–H and O–H groups in total. The summed E-state index contributed by atoms with van der Waals surface area (Å²) in [6.07, 6.45) is 3.87. The summed E-state index contributed by atoms with van der Waals surface area (Å²) in [5.74, 6) is 0.750. The molecule has 4 nitrogen and oxygen atoms in total. The SMILES string of the molecule is CCOC1CC(Nc2ncnc(Cl)c2Br)C1. The fraction of sp³-hybridized carbons (Fsp3) is 0.600. The van der Waals surface area contributed by atoms with E-state index in [4.69, 9.17) is 16.3 Å². The Balaban J connectivity index is 1.89. The predicted octanol–water partition coefficient (Wildman–Crippen LogP) is 2.87. The number of anilines is 1. The molecule has 1 aromatic rings. The van der Waals surface area contributed by atoms with Crippen molar-refractivity contribution in [2.75, 3.05) is 11.9 Å². The Hall–Kier alpha value is -0.390. The zero-order valence-electron chi connectivity index (χ0n) is 8.91. The van der Waals surface area contributed by atoms with Gasteiger partial charge in [0.2, 0.25) is 0 Å². The van der Waals surface area contributed by atoms with Gasteiger partial charge in [0.1, 0.15) is 17.3 Å². The quantitative estimate of drug-likeness (QED) is 0.869. The van der Waals surface area contributed by atoms with Crippen LogP contribution in [-0.2, 0) is 4.74 Å². The monoisotopic (exact) mass is 305 g/mol. The molecule has 0 unspecified atom stereocenters. The number of rotatable bonds is 4. The second kappa shape index (κ2) is 5.29. The van der Waals surface area contributed by atoms with E-state index < -0.39 is 0 Å². The van der Waals surface area contributed by atoms with Crippen LogP contribution in [0.4, 0.5) is 5.82 Å². The number of hydrogen-bond donors (Lipinski definition) is 1. The average Bonchev–Trinajstić information content (AvgIpc) is 2.21. The summed E-state index contributed by atoms with van der Waals surface area (Å²) in [7, 11) is 0. The van der Waals surface area contributed by atoms with Gasteiger partial charge in [0.05, 0.1) is 10.6 Å². The van der Waals surface area contributed by atoms with Crippen molar-refractivity contribution in [2.24, 2.45) is 0 Å². The van der Waals surface area contributed by atoms with Crippen molar-refractivity contribution < 1.29 is 4.74 Å². The van der Waals surface area contributed by atoms with Crippen LogP contribution in [0, 0.1) is 0 Å². The lowest BCUT2D eigenvalue weighted by Crippen LogP contribution is -2.41. The Labute approximate surface area is 108 Å². The molecule has 1 fully saturated rings. The molecule has 0 radical (unpaired) electrons. The molecule has 0 spiro atoms. The second-order valence-corrected chi connectivity index (χ2v) is 4.87. The molecule has 0 amide bonds. The van der Waals surface area contributed by atoms with Crippen LogP contribution >= 0.6 is 27.5 Å². The van der Waals surface area contributed by atoms with Crippen molar-refractivity contribution in [3.8, 4) is 0 Å². The molecule has 0 atom stereocenters. The molecule has 0 saturated heterocycles. The van der Waals surface area contributed by atoms with Gasteiger partial charge in [0.15, 0.2) is 0 Å². The molecule has 6 heteroatoms. The molecule has 16 heavy (non-hydrogen) atoms. The van der Waals surface area contributed by atoms with E-state index in [2.05, 4.69) is 31.2 Å². The Morgan fingerprint density at radius 2 is 2.31 bits per heavy atom. The first kappa shape index (κ1) is 12.1. The summed E-state index contributed by atoms with van der Waals surface area (Å²) in [4.78, 5) is 8.02. The highest BCUT2D eigenvalue weighted by atomic mass is 79.9. The maximum atomic E-state index is 5.87. The van der Waals surface area contributed by atoms with Crippen molar-refractivity contribution in [2.45, 2.75) is 31.9 Å². The van der Waals surface area contributed by atoms with E-state index in [1.807, 2.05) is 6.92 Å². The lowest BCUT2D eigenvalue weighted by atomic mass is 9.89. The Morgan fingerprint density at radius 1 is 1.56 bits per heavy atom. The number of ether oxygens (including phenoxy) is 1. The van der Waals surface area contributed by atoms with Gasteiger partial charge in [0, 0.05) is 12.6 Å². The molecular formula is C10H13BrClN3O.